The van der Waals surface area contributed by atoms with Gasteiger partial charge in [-0.1, -0.05) is 23.2 Å². The average Bonchev–Trinajstić information content (AvgIpc) is 2.74. The molecule has 0 aliphatic heterocycles. The summed E-state index contributed by atoms with van der Waals surface area (Å²) in [5, 5.41) is 13.4. The Balaban J connectivity index is 2.43. The number of aliphatic hydroxyl groups excluding tert-OH is 1. The van der Waals surface area contributed by atoms with Crippen molar-refractivity contribution in [1.82, 2.24) is 9.78 Å². The molecule has 2 aromatic rings. The average molecular weight is 350 g/mol. The molecule has 0 bridgehead atoms. The van der Waals surface area contributed by atoms with E-state index in [9.17, 15) is 8.42 Å². The van der Waals surface area contributed by atoms with Crippen LogP contribution in [0.4, 0.5) is 5.82 Å². The van der Waals surface area contributed by atoms with Crippen LogP contribution in [-0.2, 0) is 23.7 Å². The molecule has 0 aliphatic rings. The molecule has 2 rings (SSSR count). The van der Waals surface area contributed by atoms with Gasteiger partial charge in [0.25, 0.3) is 10.0 Å². The predicted molar refractivity (Wildman–Crippen MR) is 81.1 cm³/mol. The molecule has 0 fully saturated rings. The summed E-state index contributed by atoms with van der Waals surface area (Å²) in [4.78, 5) is -0.0715. The molecule has 0 aliphatic carbocycles. The number of sulfonamides is 1. The van der Waals surface area contributed by atoms with Crippen molar-refractivity contribution in [2.24, 2.45) is 7.05 Å². The van der Waals surface area contributed by atoms with Crippen molar-refractivity contribution in [1.29, 1.82) is 0 Å². The molecule has 6 nitrogen and oxygen atoms in total. The molecule has 0 saturated heterocycles. The topological polar surface area (TPSA) is 84.2 Å². The SMILES string of the molecule is Cc1cc(S(=O)(=O)Nc2cc(CO)nn2C)c(Cl)cc1Cl. The monoisotopic (exact) mass is 349 g/mol. The molecule has 21 heavy (non-hydrogen) atoms. The Hall–Kier alpha value is -1.28. The number of hydrogen-bond acceptors (Lipinski definition) is 4. The minimum Gasteiger partial charge on any atom is -0.390 e. The number of nitrogens with one attached hydrogen (secondary N) is 1. The lowest BCUT2D eigenvalue weighted by Gasteiger charge is -2.11. The lowest BCUT2D eigenvalue weighted by Crippen LogP contribution is -2.16. The molecule has 0 radical (unpaired) electrons. The van der Waals surface area contributed by atoms with Gasteiger partial charge in [0.2, 0.25) is 0 Å². The Bertz CT molecular complexity index is 787. The van der Waals surface area contributed by atoms with Gasteiger partial charge in [-0.2, -0.15) is 5.10 Å². The summed E-state index contributed by atoms with van der Waals surface area (Å²) in [6, 6.07) is 4.22. The lowest BCUT2D eigenvalue weighted by atomic mass is 10.2. The van der Waals surface area contributed by atoms with Crippen molar-refractivity contribution in [3.05, 3.63) is 39.5 Å². The Morgan fingerprint density at radius 2 is 1.95 bits per heavy atom. The third-order valence-corrected chi connectivity index (χ3v) is 5.06. The number of halogens is 2. The van der Waals surface area contributed by atoms with E-state index in [4.69, 9.17) is 28.3 Å². The van der Waals surface area contributed by atoms with Gasteiger partial charge in [0, 0.05) is 18.1 Å². The molecule has 2 N–H and O–H groups in total. The molecule has 0 atom stereocenters. The van der Waals surface area contributed by atoms with Crippen LogP contribution in [0.15, 0.2) is 23.1 Å². The Kier molecular flexibility index (Phi) is 4.48. The van der Waals surface area contributed by atoms with Crippen LogP contribution in [0.25, 0.3) is 0 Å². The Morgan fingerprint density at radius 1 is 1.29 bits per heavy atom. The van der Waals surface area contributed by atoms with E-state index < -0.39 is 10.0 Å². The van der Waals surface area contributed by atoms with Crippen molar-refractivity contribution < 1.29 is 13.5 Å². The van der Waals surface area contributed by atoms with Crippen molar-refractivity contribution in [2.75, 3.05) is 4.72 Å². The maximum absolute atomic E-state index is 12.4. The van der Waals surface area contributed by atoms with E-state index >= 15 is 0 Å². The molecule has 0 saturated carbocycles. The number of rotatable bonds is 4. The van der Waals surface area contributed by atoms with Crippen LogP contribution >= 0.6 is 23.2 Å². The highest BCUT2D eigenvalue weighted by Crippen LogP contribution is 2.29. The fraction of sp³-hybridized carbons (Fsp3) is 0.250. The number of nitrogens with zero attached hydrogens (tertiary/aromatic N) is 2. The van der Waals surface area contributed by atoms with Crippen LogP contribution in [0.2, 0.25) is 10.0 Å². The Morgan fingerprint density at radius 3 is 2.52 bits per heavy atom. The number of aromatic nitrogens is 2. The molecule has 1 heterocycles. The normalized spacial score (nSPS) is 11.7. The number of anilines is 1. The highest BCUT2D eigenvalue weighted by molar-refractivity contribution is 7.92. The molecule has 1 aromatic heterocycles. The van der Waals surface area contributed by atoms with E-state index in [1.165, 1.54) is 22.9 Å². The van der Waals surface area contributed by atoms with Crippen molar-refractivity contribution in [3.8, 4) is 0 Å². The van der Waals surface area contributed by atoms with E-state index in [1.54, 1.807) is 14.0 Å². The first-order chi connectivity index (χ1) is 9.74. The second kappa shape index (κ2) is 5.84. The fourth-order valence-electron chi connectivity index (χ4n) is 1.73. The standard InChI is InChI=1S/C12H13Cl2N3O3S/c1-7-3-11(10(14)5-9(7)13)21(19,20)16-12-4-8(6-18)15-17(12)2/h3-5,16,18H,6H2,1-2H3. The van der Waals surface area contributed by atoms with Gasteiger partial charge >= 0.3 is 0 Å². The first-order valence-electron chi connectivity index (χ1n) is 5.87. The summed E-state index contributed by atoms with van der Waals surface area (Å²) in [5.41, 5.74) is 0.955. The maximum Gasteiger partial charge on any atom is 0.264 e. The zero-order chi connectivity index (χ0) is 15.8. The molecule has 1 aromatic carbocycles. The molecular formula is C12H13Cl2N3O3S. The summed E-state index contributed by atoms with van der Waals surface area (Å²) in [6.45, 7) is 1.40. The second-order valence-electron chi connectivity index (χ2n) is 4.44. The van der Waals surface area contributed by atoms with E-state index in [0.717, 1.165) is 0 Å². The van der Waals surface area contributed by atoms with Crippen LogP contribution in [0.3, 0.4) is 0 Å². The Labute approximate surface area is 132 Å². The van der Waals surface area contributed by atoms with E-state index in [0.29, 0.717) is 16.3 Å². The van der Waals surface area contributed by atoms with E-state index in [-0.39, 0.29) is 22.3 Å². The highest BCUT2D eigenvalue weighted by atomic mass is 35.5. The van der Waals surface area contributed by atoms with E-state index in [2.05, 4.69) is 9.82 Å². The van der Waals surface area contributed by atoms with Gasteiger partial charge in [0.05, 0.1) is 17.3 Å². The summed E-state index contributed by atoms with van der Waals surface area (Å²) >= 11 is 11.9. The van der Waals surface area contributed by atoms with Crippen molar-refractivity contribution in [2.45, 2.75) is 18.4 Å². The van der Waals surface area contributed by atoms with Crippen molar-refractivity contribution in [3.63, 3.8) is 0 Å². The largest absolute Gasteiger partial charge is 0.390 e. The van der Waals surface area contributed by atoms with Crippen LogP contribution < -0.4 is 4.72 Å². The van der Waals surface area contributed by atoms with Gasteiger partial charge in [-0.25, -0.2) is 8.42 Å². The lowest BCUT2D eigenvalue weighted by molar-refractivity contribution is 0.275. The second-order valence-corrected chi connectivity index (χ2v) is 6.91. The quantitative estimate of drug-likeness (QED) is 0.886. The van der Waals surface area contributed by atoms with Crippen molar-refractivity contribution >= 4 is 39.0 Å². The van der Waals surface area contributed by atoms with Crippen LogP contribution in [-0.4, -0.2) is 23.3 Å². The number of benzene rings is 1. The van der Waals surface area contributed by atoms with Crippen LogP contribution in [0.1, 0.15) is 11.3 Å². The number of aryl methyl sites for hydroxylation is 2. The molecule has 0 spiro atoms. The third-order valence-electron chi connectivity index (χ3n) is 2.83. The first-order valence-corrected chi connectivity index (χ1v) is 8.10. The van der Waals surface area contributed by atoms with Gasteiger partial charge < -0.3 is 5.11 Å². The minimum atomic E-state index is -3.88. The van der Waals surface area contributed by atoms with Gasteiger partial charge in [-0.05, 0) is 24.6 Å². The molecule has 0 unspecified atom stereocenters. The van der Waals surface area contributed by atoms with Crippen LogP contribution in [0.5, 0.6) is 0 Å². The summed E-state index contributed by atoms with van der Waals surface area (Å²) in [7, 11) is -2.32. The number of hydrogen-bond donors (Lipinski definition) is 2. The summed E-state index contributed by atoms with van der Waals surface area (Å²) < 4.78 is 28.5. The molecular weight excluding hydrogens is 337 g/mol. The predicted octanol–water partition coefficient (Wildman–Crippen LogP) is 2.33. The third kappa shape index (κ3) is 3.32. The van der Waals surface area contributed by atoms with E-state index in [1.807, 2.05) is 0 Å². The molecule has 0 amide bonds. The molecule has 114 valence electrons. The van der Waals surface area contributed by atoms with Gasteiger partial charge in [0.15, 0.2) is 0 Å². The number of aliphatic hydroxyl groups is 1. The van der Waals surface area contributed by atoms with Gasteiger partial charge in [0.1, 0.15) is 10.7 Å². The smallest absolute Gasteiger partial charge is 0.264 e. The maximum atomic E-state index is 12.4. The van der Waals surface area contributed by atoms with Gasteiger partial charge in [-0.3, -0.25) is 9.40 Å². The van der Waals surface area contributed by atoms with Crippen LogP contribution in [0, 0.1) is 6.92 Å². The summed E-state index contributed by atoms with van der Waals surface area (Å²) in [6.07, 6.45) is 0. The first kappa shape index (κ1) is 16.1. The molecule has 9 heteroatoms. The fourth-order valence-corrected chi connectivity index (χ4v) is 3.64. The minimum absolute atomic E-state index is 0.0302. The highest BCUT2D eigenvalue weighted by Gasteiger charge is 2.21. The zero-order valence-corrected chi connectivity index (χ0v) is 13.6. The van der Waals surface area contributed by atoms with Gasteiger partial charge in [-0.15, -0.1) is 0 Å². The zero-order valence-electron chi connectivity index (χ0n) is 11.3. The summed E-state index contributed by atoms with van der Waals surface area (Å²) in [5.74, 6) is 0.225.